The van der Waals surface area contributed by atoms with E-state index in [0.29, 0.717) is 0 Å². The molecule has 2 N–H and O–H groups in total. The molecule has 0 unspecified atom stereocenters. The maximum absolute atomic E-state index is 11.3. The summed E-state index contributed by atoms with van der Waals surface area (Å²) in [5.74, 6) is -0.344. The summed E-state index contributed by atoms with van der Waals surface area (Å²) in [6.07, 6.45) is 5.10. The van der Waals surface area contributed by atoms with E-state index in [0.717, 1.165) is 12.1 Å². The van der Waals surface area contributed by atoms with Crippen LogP contribution in [0.5, 0.6) is 0 Å². The van der Waals surface area contributed by atoms with Crippen LogP contribution in [0.4, 0.5) is 5.69 Å². The van der Waals surface area contributed by atoms with Crippen molar-refractivity contribution < 1.29 is 9.90 Å². The summed E-state index contributed by atoms with van der Waals surface area (Å²) >= 11 is 0. The Morgan fingerprint density at radius 1 is 1.47 bits per heavy atom. The van der Waals surface area contributed by atoms with Crippen LogP contribution in [0.25, 0.3) is 0 Å². The number of allylic oxidation sites excluding steroid dienone is 2. The molecule has 1 aromatic carbocycles. The monoisotopic (exact) mass is 229 g/mol. The number of hydrogen-bond donors (Lipinski definition) is 2. The first-order valence-electron chi connectivity index (χ1n) is 5.93. The van der Waals surface area contributed by atoms with Gasteiger partial charge in [0, 0.05) is 17.5 Å². The van der Waals surface area contributed by atoms with Gasteiger partial charge in [-0.3, -0.25) is 0 Å². The molecule has 0 saturated heterocycles. The van der Waals surface area contributed by atoms with Crippen LogP contribution in [0.3, 0.4) is 0 Å². The van der Waals surface area contributed by atoms with Gasteiger partial charge in [0.1, 0.15) is 6.04 Å². The number of carbonyl (C=O) groups is 1. The van der Waals surface area contributed by atoms with Crippen molar-refractivity contribution in [2.24, 2.45) is 5.92 Å². The number of carboxylic acids is 1. The van der Waals surface area contributed by atoms with E-state index in [1.165, 1.54) is 11.1 Å². The Labute approximate surface area is 100 Å². The molecular weight excluding hydrogens is 214 g/mol. The van der Waals surface area contributed by atoms with Gasteiger partial charge < -0.3 is 10.4 Å². The Bertz CT molecular complexity index is 507. The SMILES string of the molecule is Cc1ccc2c(c1)[C@H]1C=CC[C@@H]1[C@H](C(=O)O)N2. The predicted octanol–water partition coefficient (Wildman–Crippen LogP) is 2.53. The Balaban J connectivity index is 2.09. The highest BCUT2D eigenvalue weighted by Gasteiger charge is 2.40. The van der Waals surface area contributed by atoms with Gasteiger partial charge in [-0.1, -0.05) is 29.8 Å². The third-order valence-electron chi connectivity index (χ3n) is 3.78. The van der Waals surface area contributed by atoms with Crippen molar-refractivity contribution in [3.8, 4) is 0 Å². The highest BCUT2D eigenvalue weighted by atomic mass is 16.4. The van der Waals surface area contributed by atoms with Gasteiger partial charge in [-0.25, -0.2) is 4.79 Å². The van der Waals surface area contributed by atoms with Crippen molar-refractivity contribution in [2.75, 3.05) is 5.32 Å². The lowest BCUT2D eigenvalue weighted by atomic mass is 9.79. The molecule has 2 aliphatic rings. The maximum Gasteiger partial charge on any atom is 0.326 e. The van der Waals surface area contributed by atoms with Crippen LogP contribution in [0, 0.1) is 12.8 Å². The molecule has 3 atom stereocenters. The van der Waals surface area contributed by atoms with Gasteiger partial charge >= 0.3 is 5.97 Å². The lowest BCUT2D eigenvalue weighted by molar-refractivity contribution is -0.139. The van der Waals surface area contributed by atoms with Crippen molar-refractivity contribution in [1.29, 1.82) is 0 Å². The van der Waals surface area contributed by atoms with Gasteiger partial charge in [0.2, 0.25) is 0 Å². The molecule has 0 bridgehead atoms. The summed E-state index contributed by atoms with van der Waals surface area (Å²) < 4.78 is 0. The van der Waals surface area contributed by atoms with Crippen LogP contribution in [0.2, 0.25) is 0 Å². The van der Waals surface area contributed by atoms with Gasteiger partial charge in [0.15, 0.2) is 0 Å². The van der Waals surface area contributed by atoms with Crippen LogP contribution in [-0.2, 0) is 4.79 Å². The van der Waals surface area contributed by atoms with E-state index in [9.17, 15) is 9.90 Å². The number of rotatable bonds is 1. The molecule has 3 heteroatoms. The lowest BCUT2D eigenvalue weighted by Crippen LogP contribution is -2.41. The van der Waals surface area contributed by atoms with E-state index in [-0.39, 0.29) is 11.8 Å². The Morgan fingerprint density at radius 3 is 3.06 bits per heavy atom. The molecular formula is C14H15NO2. The first-order chi connectivity index (χ1) is 8.16. The quantitative estimate of drug-likeness (QED) is 0.727. The first-order valence-corrected chi connectivity index (χ1v) is 5.93. The number of benzene rings is 1. The highest BCUT2D eigenvalue weighted by Crippen LogP contribution is 2.44. The summed E-state index contributed by atoms with van der Waals surface area (Å²) in [6.45, 7) is 2.07. The summed E-state index contributed by atoms with van der Waals surface area (Å²) in [4.78, 5) is 11.3. The molecule has 0 aromatic heterocycles. The maximum atomic E-state index is 11.3. The molecule has 1 aliphatic carbocycles. The summed E-state index contributed by atoms with van der Waals surface area (Å²) in [7, 11) is 0. The van der Waals surface area contributed by atoms with Gasteiger partial charge in [-0.05, 0) is 25.0 Å². The van der Waals surface area contributed by atoms with E-state index < -0.39 is 12.0 Å². The third kappa shape index (κ3) is 1.54. The van der Waals surface area contributed by atoms with Crippen LogP contribution in [-0.4, -0.2) is 17.1 Å². The van der Waals surface area contributed by atoms with E-state index >= 15 is 0 Å². The van der Waals surface area contributed by atoms with E-state index in [1.54, 1.807) is 0 Å². The minimum Gasteiger partial charge on any atom is -0.480 e. The van der Waals surface area contributed by atoms with E-state index in [1.807, 2.05) is 12.1 Å². The summed E-state index contributed by atoms with van der Waals surface area (Å²) in [6, 6.07) is 5.70. The van der Waals surface area contributed by atoms with Crippen LogP contribution in [0.15, 0.2) is 30.4 Å². The zero-order chi connectivity index (χ0) is 12.0. The van der Waals surface area contributed by atoms with Crippen molar-refractivity contribution in [2.45, 2.75) is 25.3 Å². The average molecular weight is 229 g/mol. The van der Waals surface area contributed by atoms with E-state index in [2.05, 4.69) is 30.5 Å². The molecule has 1 aromatic rings. The number of fused-ring (bicyclic) bond motifs is 3. The number of aliphatic carboxylic acids is 1. The lowest BCUT2D eigenvalue weighted by Gasteiger charge is -2.34. The second-order valence-corrected chi connectivity index (χ2v) is 4.90. The summed E-state index contributed by atoms with van der Waals surface area (Å²) in [5, 5.41) is 12.4. The van der Waals surface area contributed by atoms with Crippen LogP contribution in [0.1, 0.15) is 23.5 Å². The number of anilines is 1. The number of nitrogens with one attached hydrogen (secondary N) is 1. The molecule has 3 rings (SSSR count). The Hall–Kier alpha value is -1.77. The fourth-order valence-electron chi connectivity index (χ4n) is 2.96. The Kier molecular flexibility index (Phi) is 2.21. The highest BCUT2D eigenvalue weighted by molar-refractivity contribution is 5.80. The number of carboxylic acid groups (broad SMARTS) is 1. The Morgan fingerprint density at radius 2 is 2.29 bits per heavy atom. The zero-order valence-corrected chi connectivity index (χ0v) is 9.68. The zero-order valence-electron chi connectivity index (χ0n) is 9.68. The van der Waals surface area contributed by atoms with Gasteiger partial charge in [0.05, 0.1) is 0 Å². The first kappa shape index (κ1) is 10.4. The second kappa shape index (κ2) is 3.62. The molecule has 0 fully saturated rings. The van der Waals surface area contributed by atoms with Gasteiger partial charge in [0.25, 0.3) is 0 Å². The molecule has 0 saturated carbocycles. The molecule has 1 aliphatic heterocycles. The van der Waals surface area contributed by atoms with Gasteiger partial charge in [-0.15, -0.1) is 0 Å². The molecule has 0 spiro atoms. The molecule has 88 valence electrons. The minimum absolute atomic E-state index is 0.154. The topological polar surface area (TPSA) is 49.3 Å². The third-order valence-corrected chi connectivity index (χ3v) is 3.78. The van der Waals surface area contributed by atoms with Crippen LogP contribution >= 0.6 is 0 Å². The molecule has 3 nitrogen and oxygen atoms in total. The molecule has 0 radical (unpaired) electrons. The smallest absolute Gasteiger partial charge is 0.326 e. The van der Waals surface area contributed by atoms with Crippen LogP contribution < -0.4 is 5.32 Å². The average Bonchev–Trinajstić information content (AvgIpc) is 2.76. The van der Waals surface area contributed by atoms with Crippen molar-refractivity contribution in [3.63, 3.8) is 0 Å². The normalized spacial score (nSPS) is 29.4. The number of aryl methyl sites for hydroxylation is 1. The predicted molar refractivity (Wildman–Crippen MR) is 66.2 cm³/mol. The molecule has 17 heavy (non-hydrogen) atoms. The molecule has 0 amide bonds. The van der Waals surface area contributed by atoms with Gasteiger partial charge in [-0.2, -0.15) is 0 Å². The standard InChI is InChI=1S/C14H15NO2/c1-8-5-6-12-11(7-8)9-3-2-4-10(9)13(15-12)14(16)17/h2-3,5-7,9-10,13,15H,4H2,1H3,(H,16,17)/t9-,10-,13+/m0/s1. The van der Waals surface area contributed by atoms with E-state index in [4.69, 9.17) is 0 Å². The molecule has 1 heterocycles. The second-order valence-electron chi connectivity index (χ2n) is 4.90. The summed E-state index contributed by atoms with van der Waals surface area (Å²) in [5.41, 5.74) is 3.43. The van der Waals surface area contributed by atoms with Crippen molar-refractivity contribution >= 4 is 11.7 Å². The fourth-order valence-corrected chi connectivity index (χ4v) is 2.96. The number of hydrogen-bond acceptors (Lipinski definition) is 2. The van der Waals surface area contributed by atoms with Crippen molar-refractivity contribution in [3.05, 3.63) is 41.5 Å². The van der Waals surface area contributed by atoms with Crippen molar-refractivity contribution in [1.82, 2.24) is 0 Å². The fraction of sp³-hybridized carbons (Fsp3) is 0.357. The largest absolute Gasteiger partial charge is 0.480 e. The minimum atomic E-state index is -0.755.